The molecule has 0 fully saturated rings. The molecule has 15 heavy (non-hydrogen) atoms. The first kappa shape index (κ1) is 9.97. The molecule has 9 heteroatoms. The van der Waals surface area contributed by atoms with Gasteiger partial charge in [0.1, 0.15) is 11.3 Å². The maximum absolute atomic E-state index is 12.3. The lowest BCUT2D eigenvalue weighted by molar-refractivity contribution is -0.141. The zero-order valence-corrected chi connectivity index (χ0v) is 7.60. The molecule has 0 saturated heterocycles. The van der Waals surface area contributed by atoms with E-state index in [9.17, 15) is 18.0 Å². The molecule has 0 unspecified atom stereocenters. The van der Waals surface area contributed by atoms with Gasteiger partial charge in [-0.3, -0.25) is 9.89 Å². The number of fused-ring (bicyclic) bond motifs is 1. The van der Waals surface area contributed by atoms with Crippen molar-refractivity contribution in [2.45, 2.75) is 6.18 Å². The molecule has 1 N–H and O–H groups in total. The number of alkyl halides is 3. The molecule has 0 bridgehead atoms. The van der Waals surface area contributed by atoms with Crippen LogP contribution in [0, 0.1) is 0 Å². The third-order valence-electron chi connectivity index (χ3n) is 1.65. The van der Waals surface area contributed by atoms with Crippen LogP contribution in [0.3, 0.4) is 0 Å². The predicted octanol–water partition coefficient (Wildman–Crippen LogP) is 1.09. The van der Waals surface area contributed by atoms with Crippen molar-refractivity contribution in [3.05, 3.63) is 27.4 Å². The van der Waals surface area contributed by atoms with E-state index in [-0.39, 0.29) is 5.78 Å². The minimum Gasteiger partial charge on any atom is -0.278 e. The van der Waals surface area contributed by atoms with Gasteiger partial charge in [0.2, 0.25) is 0 Å². The maximum atomic E-state index is 12.3. The largest absolute Gasteiger partial charge is 0.435 e. The molecule has 0 radical (unpaired) electrons. The van der Waals surface area contributed by atoms with Gasteiger partial charge < -0.3 is 0 Å². The summed E-state index contributed by atoms with van der Waals surface area (Å²) in [5, 5.41) is 1.30. The predicted molar refractivity (Wildman–Crippen MR) is 43.6 cm³/mol. The number of hydrogen-bond donors (Lipinski definition) is 1. The highest BCUT2D eigenvalue weighted by Crippen LogP contribution is 2.31. The van der Waals surface area contributed by atoms with Gasteiger partial charge in [0, 0.05) is 0 Å². The van der Waals surface area contributed by atoms with Gasteiger partial charge in [0.05, 0.1) is 0 Å². The van der Waals surface area contributed by atoms with Gasteiger partial charge in [-0.2, -0.15) is 17.7 Å². The van der Waals surface area contributed by atoms with E-state index in [2.05, 4.69) is 15.1 Å². The number of hydrogen-bond acceptors (Lipinski definition) is 3. The molecule has 0 aliphatic rings. The fourth-order valence-corrected chi connectivity index (χ4v) is 1.26. The standard InChI is InChI=1S/C6H2ClF3N4O/c7-2-3(6(8,9)10)13-5-11-1-12-14(5)4(2)15/h1H,(H,11,12,13). The van der Waals surface area contributed by atoms with E-state index < -0.39 is 22.5 Å². The molecule has 5 nitrogen and oxygen atoms in total. The highest BCUT2D eigenvalue weighted by molar-refractivity contribution is 6.31. The van der Waals surface area contributed by atoms with E-state index in [4.69, 9.17) is 11.6 Å². The van der Waals surface area contributed by atoms with E-state index in [0.29, 0.717) is 0 Å². The Morgan fingerprint density at radius 1 is 1.47 bits per heavy atom. The summed E-state index contributed by atoms with van der Waals surface area (Å²) in [4.78, 5) is 17.8. The van der Waals surface area contributed by atoms with Gasteiger partial charge >= 0.3 is 6.18 Å². The lowest BCUT2D eigenvalue weighted by Gasteiger charge is -2.06. The van der Waals surface area contributed by atoms with Crippen molar-refractivity contribution < 1.29 is 13.2 Å². The normalized spacial score (nSPS) is 12.3. The first-order valence-corrected chi connectivity index (χ1v) is 3.98. The van der Waals surface area contributed by atoms with Gasteiger partial charge in [-0.05, 0) is 0 Å². The summed E-state index contributed by atoms with van der Waals surface area (Å²) in [6.07, 6.45) is -3.73. The monoisotopic (exact) mass is 238 g/mol. The van der Waals surface area contributed by atoms with Crippen molar-refractivity contribution in [1.82, 2.24) is 19.6 Å². The second kappa shape index (κ2) is 2.96. The van der Waals surface area contributed by atoms with E-state index in [1.807, 2.05) is 0 Å². The van der Waals surface area contributed by atoms with Gasteiger partial charge in [0.15, 0.2) is 5.69 Å². The molecular weight excluding hydrogens is 237 g/mol. The molecule has 2 heterocycles. The molecule has 0 saturated carbocycles. The van der Waals surface area contributed by atoms with Crippen LogP contribution in [0.2, 0.25) is 5.02 Å². The Morgan fingerprint density at radius 3 is 2.73 bits per heavy atom. The van der Waals surface area contributed by atoms with Crippen LogP contribution in [0.25, 0.3) is 5.78 Å². The molecule has 0 aromatic carbocycles. The number of nitrogens with one attached hydrogen (secondary N) is 1. The second-order valence-electron chi connectivity index (χ2n) is 2.60. The minimum atomic E-state index is -4.77. The fraction of sp³-hybridized carbons (Fsp3) is 0.167. The average molecular weight is 239 g/mol. The highest BCUT2D eigenvalue weighted by Gasteiger charge is 2.37. The Labute approximate surface area is 84.5 Å². The van der Waals surface area contributed by atoms with Crippen molar-refractivity contribution in [1.29, 1.82) is 0 Å². The summed E-state index contributed by atoms with van der Waals surface area (Å²) >= 11 is 5.25. The summed E-state index contributed by atoms with van der Waals surface area (Å²) in [5.74, 6) is -0.378. The molecule has 80 valence electrons. The first-order chi connectivity index (χ1) is 6.91. The lowest BCUT2D eigenvalue weighted by atomic mass is 10.4. The number of halogens is 4. The van der Waals surface area contributed by atoms with Gasteiger partial charge in [-0.1, -0.05) is 11.6 Å². The van der Waals surface area contributed by atoms with Crippen LogP contribution in [0.1, 0.15) is 5.69 Å². The van der Waals surface area contributed by atoms with Gasteiger partial charge in [-0.25, -0.2) is 9.97 Å². The molecule has 2 rings (SSSR count). The van der Waals surface area contributed by atoms with Crippen LogP contribution in [0.4, 0.5) is 13.2 Å². The summed E-state index contributed by atoms with van der Waals surface area (Å²) in [7, 11) is 0. The average Bonchev–Trinajstić information content (AvgIpc) is 2.57. The lowest BCUT2D eigenvalue weighted by Crippen LogP contribution is -2.22. The molecule has 0 amide bonds. The summed E-state index contributed by atoms with van der Waals surface area (Å²) in [5.41, 5.74) is -2.47. The molecule has 0 spiro atoms. The number of nitrogens with zero attached hydrogens (tertiary/aromatic N) is 3. The number of H-pyrrole nitrogens is 1. The minimum absolute atomic E-state index is 0.378. The van der Waals surface area contributed by atoms with Crippen molar-refractivity contribution in [2.75, 3.05) is 0 Å². The van der Waals surface area contributed by atoms with E-state index in [1.54, 1.807) is 0 Å². The topological polar surface area (TPSA) is 63.0 Å². The number of aromatic nitrogens is 4. The van der Waals surface area contributed by atoms with E-state index >= 15 is 0 Å². The first-order valence-electron chi connectivity index (χ1n) is 3.60. The fourth-order valence-electron chi connectivity index (χ4n) is 1.02. The van der Waals surface area contributed by atoms with E-state index in [0.717, 1.165) is 10.8 Å². The van der Waals surface area contributed by atoms with Crippen LogP contribution >= 0.6 is 11.6 Å². The number of rotatable bonds is 0. The van der Waals surface area contributed by atoms with Crippen LogP contribution in [-0.2, 0) is 6.18 Å². The zero-order chi connectivity index (χ0) is 11.2. The molecular formula is C6H2ClF3N4O. The summed E-state index contributed by atoms with van der Waals surface area (Å²) < 4.78 is 37.7. The summed E-state index contributed by atoms with van der Waals surface area (Å²) in [6, 6.07) is 0. The van der Waals surface area contributed by atoms with Crippen molar-refractivity contribution in [3.8, 4) is 0 Å². The summed E-state index contributed by atoms with van der Waals surface area (Å²) in [6.45, 7) is 0. The third kappa shape index (κ3) is 1.46. The van der Waals surface area contributed by atoms with Gasteiger partial charge in [0.25, 0.3) is 11.3 Å². The maximum Gasteiger partial charge on any atom is 0.435 e. The Hall–Kier alpha value is -1.57. The zero-order valence-electron chi connectivity index (χ0n) is 6.84. The van der Waals surface area contributed by atoms with Gasteiger partial charge in [-0.15, -0.1) is 0 Å². The van der Waals surface area contributed by atoms with Crippen molar-refractivity contribution in [2.24, 2.45) is 0 Å². The smallest absolute Gasteiger partial charge is 0.278 e. The Balaban J connectivity index is 2.88. The molecule has 2 aromatic heterocycles. The Kier molecular flexibility index (Phi) is 1.97. The van der Waals surface area contributed by atoms with Crippen LogP contribution < -0.4 is 5.56 Å². The van der Waals surface area contributed by atoms with Crippen LogP contribution in [-0.4, -0.2) is 19.6 Å². The molecule has 2 aromatic rings. The Morgan fingerprint density at radius 2 is 2.13 bits per heavy atom. The molecule has 0 atom stereocenters. The number of aromatic amines is 1. The van der Waals surface area contributed by atoms with Crippen LogP contribution in [0.5, 0.6) is 0 Å². The van der Waals surface area contributed by atoms with Crippen molar-refractivity contribution in [3.63, 3.8) is 0 Å². The van der Waals surface area contributed by atoms with E-state index in [1.165, 1.54) is 0 Å². The van der Waals surface area contributed by atoms with Crippen LogP contribution in [0.15, 0.2) is 11.1 Å². The highest BCUT2D eigenvalue weighted by atomic mass is 35.5. The quantitative estimate of drug-likeness (QED) is 0.747. The second-order valence-corrected chi connectivity index (χ2v) is 2.98. The third-order valence-corrected chi connectivity index (χ3v) is 1.99. The van der Waals surface area contributed by atoms with Crippen molar-refractivity contribution >= 4 is 17.4 Å². The Bertz CT molecular complexity index is 572. The molecule has 0 aliphatic heterocycles. The SMILES string of the molecule is O=c1c(Cl)c(C(F)(F)F)nc2nc[nH]n12. The molecule has 0 aliphatic carbocycles.